The Balaban J connectivity index is 3.62. The minimum absolute atomic E-state index is 0.503. The van der Waals surface area contributed by atoms with E-state index in [1.165, 1.54) is 141 Å². The smallest absolute Gasteiger partial charge is 0.0576 e. The van der Waals surface area contributed by atoms with Gasteiger partial charge in [0.15, 0.2) is 0 Å². The summed E-state index contributed by atoms with van der Waals surface area (Å²) in [5, 5.41) is 0. The fourth-order valence-corrected chi connectivity index (χ4v) is 4.37. The van der Waals surface area contributed by atoms with Crippen molar-refractivity contribution in [2.24, 2.45) is 0 Å². The standard InChI is InChI=1S/C28H58O/c1-5-9-11-13-15-17-19-21-23-25-27(7-3)29-28(8-4)26-24-22-20-18-16-14-12-10-6-2/h27-28H,5-26H2,1-4H3. The molecule has 29 heavy (non-hydrogen) atoms. The maximum Gasteiger partial charge on any atom is 0.0576 e. The van der Waals surface area contributed by atoms with Crippen LogP contribution in [0.25, 0.3) is 0 Å². The average Bonchev–Trinajstić information content (AvgIpc) is 2.74. The largest absolute Gasteiger partial charge is 0.375 e. The first kappa shape index (κ1) is 29.0. The van der Waals surface area contributed by atoms with E-state index in [2.05, 4.69) is 27.7 Å². The third-order valence-electron chi connectivity index (χ3n) is 6.55. The predicted molar refractivity (Wildman–Crippen MR) is 133 cm³/mol. The summed E-state index contributed by atoms with van der Waals surface area (Å²) in [5.74, 6) is 0. The number of unbranched alkanes of at least 4 members (excludes halogenated alkanes) is 16. The SMILES string of the molecule is CCCCCCCCCCCC(CC)OC(CC)CCCCCCCCCCC. The summed E-state index contributed by atoms with van der Waals surface area (Å²) >= 11 is 0. The van der Waals surface area contributed by atoms with Crippen molar-refractivity contribution in [3.8, 4) is 0 Å². The Morgan fingerprint density at radius 3 is 0.931 bits per heavy atom. The molecule has 0 bridgehead atoms. The van der Waals surface area contributed by atoms with Crippen LogP contribution in [-0.2, 0) is 4.74 Å². The zero-order valence-electron chi connectivity index (χ0n) is 21.1. The normalized spacial score (nSPS) is 13.7. The molecule has 2 unspecified atom stereocenters. The first-order valence-electron chi connectivity index (χ1n) is 13.9. The van der Waals surface area contributed by atoms with Crippen LogP contribution >= 0.6 is 0 Å². The molecule has 0 aromatic heterocycles. The maximum absolute atomic E-state index is 6.49. The summed E-state index contributed by atoms with van der Waals surface area (Å²) in [6.45, 7) is 9.21. The van der Waals surface area contributed by atoms with Crippen LogP contribution in [0.1, 0.15) is 169 Å². The molecule has 0 N–H and O–H groups in total. The van der Waals surface area contributed by atoms with E-state index in [0.29, 0.717) is 12.2 Å². The molecule has 0 aliphatic heterocycles. The molecule has 0 saturated carbocycles. The molecule has 1 nitrogen and oxygen atoms in total. The van der Waals surface area contributed by atoms with Crippen LogP contribution in [0.5, 0.6) is 0 Å². The third-order valence-corrected chi connectivity index (χ3v) is 6.55. The van der Waals surface area contributed by atoms with E-state index in [1.807, 2.05) is 0 Å². The van der Waals surface area contributed by atoms with Crippen molar-refractivity contribution in [3.05, 3.63) is 0 Å². The van der Waals surface area contributed by atoms with Crippen LogP contribution in [0, 0.1) is 0 Å². The van der Waals surface area contributed by atoms with Crippen LogP contribution in [0.4, 0.5) is 0 Å². The Morgan fingerprint density at radius 1 is 0.379 bits per heavy atom. The quantitative estimate of drug-likeness (QED) is 0.144. The molecule has 0 fully saturated rings. The van der Waals surface area contributed by atoms with Crippen molar-refractivity contribution in [2.75, 3.05) is 0 Å². The molecule has 2 atom stereocenters. The highest BCUT2D eigenvalue weighted by molar-refractivity contribution is 4.63. The van der Waals surface area contributed by atoms with Gasteiger partial charge >= 0.3 is 0 Å². The molecule has 0 radical (unpaired) electrons. The molecule has 0 aliphatic rings. The summed E-state index contributed by atoms with van der Waals surface area (Å²) in [5.41, 5.74) is 0. The molecular weight excluding hydrogens is 352 g/mol. The van der Waals surface area contributed by atoms with Gasteiger partial charge in [0, 0.05) is 0 Å². The van der Waals surface area contributed by atoms with Crippen LogP contribution in [0.3, 0.4) is 0 Å². The Bertz CT molecular complexity index is 260. The van der Waals surface area contributed by atoms with Gasteiger partial charge in [-0.1, -0.05) is 143 Å². The molecule has 0 heterocycles. The topological polar surface area (TPSA) is 9.23 Å². The molecule has 0 spiro atoms. The van der Waals surface area contributed by atoms with Crippen LogP contribution in [0.2, 0.25) is 0 Å². The minimum atomic E-state index is 0.503. The lowest BCUT2D eigenvalue weighted by molar-refractivity contribution is -0.0257. The second-order valence-electron chi connectivity index (χ2n) is 9.43. The number of rotatable bonds is 24. The zero-order chi connectivity index (χ0) is 21.4. The average molecular weight is 411 g/mol. The first-order chi connectivity index (χ1) is 14.3. The molecule has 0 aromatic rings. The van der Waals surface area contributed by atoms with Gasteiger partial charge in [-0.2, -0.15) is 0 Å². The summed E-state index contributed by atoms with van der Waals surface area (Å²) in [7, 11) is 0. The Kier molecular flexibility index (Phi) is 24.2. The number of hydrogen-bond acceptors (Lipinski definition) is 1. The fraction of sp³-hybridized carbons (Fsp3) is 1.00. The van der Waals surface area contributed by atoms with Gasteiger partial charge in [-0.15, -0.1) is 0 Å². The second-order valence-corrected chi connectivity index (χ2v) is 9.43. The van der Waals surface area contributed by atoms with Crippen molar-refractivity contribution < 1.29 is 4.74 Å². The Morgan fingerprint density at radius 2 is 0.655 bits per heavy atom. The van der Waals surface area contributed by atoms with E-state index in [-0.39, 0.29) is 0 Å². The van der Waals surface area contributed by atoms with Gasteiger partial charge in [-0.3, -0.25) is 0 Å². The molecule has 1 heteroatoms. The monoisotopic (exact) mass is 410 g/mol. The van der Waals surface area contributed by atoms with Gasteiger partial charge in [0.25, 0.3) is 0 Å². The van der Waals surface area contributed by atoms with Gasteiger partial charge in [0.2, 0.25) is 0 Å². The summed E-state index contributed by atoms with van der Waals surface area (Å²) in [6.07, 6.45) is 31.5. The van der Waals surface area contributed by atoms with Gasteiger partial charge in [-0.05, 0) is 25.7 Å². The van der Waals surface area contributed by atoms with Crippen LogP contribution in [0.15, 0.2) is 0 Å². The third kappa shape index (κ3) is 21.0. The molecule has 0 aliphatic carbocycles. The predicted octanol–water partition coefficient (Wildman–Crippen LogP) is 10.4. The highest BCUT2D eigenvalue weighted by atomic mass is 16.5. The van der Waals surface area contributed by atoms with Crippen molar-refractivity contribution in [1.29, 1.82) is 0 Å². The van der Waals surface area contributed by atoms with Crippen molar-refractivity contribution in [2.45, 2.75) is 181 Å². The molecule has 0 saturated heterocycles. The lowest BCUT2D eigenvalue weighted by atomic mass is 10.0. The van der Waals surface area contributed by atoms with E-state index in [0.717, 1.165) is 0 Å². The number of hydrogen-bond donors (Lipinski definition) is 0. The van der Waals surface area contributed by atoms with Crippen LogP contribution in [-0.4, -0.2) is 12.2 Å². The lowest BCUT2D eigenvalue weighted by Gasteiger charge is -2.23. The summed E-state index contributed by atoms with van der Waals surface area (Å²) < 4.78 is 6.49. The van der Waals surface area contributed by atoms with Crippen molar-refractivity contribution in [1.82, 2.24) is 0 Å². The molecule has 176 valence electrons. The van der Waals surface area contributed by atoms with Crippen molar-refractivity contribution in [3.63, 3.8) is 0 Å². The van der Waals surface area contributed by atoms with E-state index >= 15 is 0 Å². The fourth-order valence-electron chi connectivity index (χ4n) is 4.37. The highest BCUT2D eigenvalue weighted by Gasteiger charge is 2.13. The molecule has 0 aromatic carbocycles. The second kappa shape index (κ2) is 24.2. The van der Waals surface area contributed by atoms with Gasteiger partial charge in [0.1, 0.15) is 0 Å². The van der Waals surface area contributed by atoms with E-state index in [4.69, 9.17) is 4.74 Å². The Hall–Kier alpha value is -0.0400. The highest BCUT2D eigenvalue weighted by Crippen LogP contribution is 2.19. The zero-order valence-corrected chi connectivity index (χ0v) is 21.1. The summed E-state index contributed by atoms with van der Waals surface area (Å²) in [6, 6.07) is 0. The summed E-state index contributed by atoms with van der Waals surface area (Å²) in [4.78, 5) is 0. The van der Waals surface area contributed by atoms with Gasteiger partial charge in [0.05, 0.1) is 12.2 Å². The maximum atomic E-state index is 6.49. The van der Waals surface area contributed by atoms with Gasteiger partial charge in [-0.25, -0.2) is 0 Å². The first-order valence-corrected chi connectivity index (χ1v) is 13.9. The van der Waals surface area contributed by atoms with E-state index < -0.39 is 0 Å². The molecular formula is C28H58O. The molecule has 0 rings (SSSR count). The Labute approximate surface area is 186 Å². The minimum Gasteiger partial charge on any atom is -0.375 e. The van der Waals surface area contributed by atoms with Crippen LogP contribution < -0.4 is 0 Å². The van der Waals surface area contributed by atoms with Gasteiger partial charge < -0.3 is 4.74 Å². The lowest BCUT2D eigenvalue weighted by Crippen LogP contribution is -2.21. The number of ether oxygens (including phenoxy) is 1. The molecule has 0 amide bonds. The van der Waals surface area contributed by atoms with E-state index in [1.54, 1.807) is 0 Å². The van der Waals surface area contributed by atoms with E-state index in [9.17, 15) is 0 Å². The van der Waals surface area contributed by atoms with Crippen molar-refractivity contribution >= 4 is 0 Å².